The average molecular weight is 471 g/mol. The van der Waals surface area contributed by atoms with E-state index in [-0.39, 0.29) is 22.9 Å². The third kappa shape index (κ3) is 5.54. The lowest BCUT2D eigenvalue weighted by atomic mass is 10.2. The molecule has 4 rings (SSSR count). The molecule has 2 aromatic heterocycles. The van der Waals surface area contributed by atoms with Crippen LogP contribution in [0.2, 0.25) is 5.15 Å². The van der Waals surface area contributed by atoms with E-state index in [0.29, 0.717) is 55.7 Å². The minimum absolute atomic E-state index is 0.0695. The highest BCUT2D eigenvalue weighted by molar-refractivity contribution is 7.91. The molecule has 0 amide bonds. The summed E-state index contributed by atoms with van der Waals surface area (Å²) in [5, 5.41) is 9.83. The Morgan fingerprint density at radius 3 is 2.65 bits per heavy atom. The standard InChI is InChI=1S/C20H27ClN4O5S/c1-14-18-15(19(21)24-23-14)13-16(25-6-11-31(26,27)12-7-25)22-20(18)30-8-4-2-3-5-17-28-9-10-29-17/h13,17H,2-12H2,1H3. The molecule has 0 spiro atoms. The third-order valence-electron chi connectivity index (χ3n) is 5.53. The van der Waals surface area contributed by atoms with Crippen LogP contribution in [0.1, 0.15) is 31.4 Å². The molecule has 0 N–H and O–H groups in total. The van der Waals surface area contributed by atoms with Crippen LogP contribution in [-0.2, 0) is 19.3 Å². The van der Waals surface area contributed by atoms with E-state index in [9.17, 15) is 8.42 Å². The number of ether oxygens (including phenoxy) is 3. The van der Waals surface area contributed by atoms with Crippen LogP contribution < -0.4 is 9.64 Å². The Balaban J connectivity index is 1.46. The minimum Gasteiger partial charge on any atom is -0.477 e. The number of rotatable bonds is 8. The zero-order valence-electron chi connectivity index (χ0n) is 17.5. The van der Waals surface area contributed by atoms with Gasteiger partial charge in [0, 0.05) is 18.5 Å². The monoisotopic (exact) mass is 470 g/mol. The number of anilines is 1. The molecule has 4 heterocycles. The number of aromatic nitrogens is 3. The van der Waals surface area contributed by atoms with E-state index in [0.717, 1.165) is 31.1 Å². The second-order valence-electron chi connectivity index (χ2n) is 7.79. The lowest BCUT2D eigenvalue weighted by Crippen LogP contribution is -2.40. The molecule has 0 saturated carbocycles. The molecular weight excluding hydrogens is 444 g/mol. The number of aryl methyl sites for hydroxylation is 1. The first-order valence-electron chi connectivity index (χ1n) is 10.6. The molecule has 0 bridgehead atoms. The van der Waals surface area contributed by atoms with Gasteiger partial charge in [0.05, 0.1) is 42.4 Å². The Labute approximate surface area is 187 Å². The summed E-state index contributed by atoms with van der Waals surface area (Å²) in [6, 6.07) is 1.84. The van der Waals surface area contributed by atoms with Gasteiger partial charge in [0.15, 0.2) is 21.3 Å². The third-order valence-corrected chi connectivity index (χ3v) is 7.42. The first-order chi connectivity index (χ1) is 14.9. The predicted molar refractivity (Wildman–Crippen MR) is 118 cm³/mol. The highest BCUT2D eigenvalue weighted by Gasteiger charge is 2.24. The highest BCUT2D eigenvalue weighted by atomic mass is 35.5. The fourth-order valence-corrected chi connectivity index (χ4v) is 5.17. The van der Waals surface area contributed by atoms with Gasteiger partial charge in [-0.1, -0.05) is 11.6 Å². The number of hydrogen-bond donors (Lipinski definition) is 0. The number of fused-ring (bicyclic) bond motifs is 1. The molecule has 31 heavy (non-hydrogen) atoms. The van der Waals surface area contributed by atoms with Crippen molar-refractivity contribution in [3.05, 3.63) is 16.9 Å². The highest BCUT2D eigenvalue weighted by Crippen LogP contribution is 2.33. The van der Waals surface area contributed by atoms with E-state index in [1.54, 1.807) is 0 Å². The maximum atomic E-state index is 11.8. The van der Waals surface area contributed by atoms with Crippen LogP contribution in [0.15, 0.2) is 6.07 Å². The number of sulfone groups is 1. The Kier molecular flexibility index (Phi) is 7.10. The van der Waals surface area contributed by atoms with Crippen LogP contribution >= 0.6 is 11.6 Å². The lowest BCUT2D eigenvalue weighted by molar-refractivity contribution is -0.0480. The van der Waals surface area contributed by atoms with E-state index < -0.39 is 9.84 Å². The molecule has 2 aromatic rings. The minimum atomic E-state index is -2.99. The van der Waals surface area contributed by atoms with Gasteiger partial charge in [-0.25, -0.2) is 8.42 Å². The van der Waals surface area contributed by atoms with Crippen LogP contribution in [0.4, 0.5) is 5.82 Å². The molecule has 170 valence electrons. The molecule has 0 unspecified atom stereocenters. The maximum Gasteiger partial charge on any atom is 0.225 e. The lowest BCUT2D eigenvalue weighted by Gasteiger charge is -2.28. The largest absolute Gasteiger partial charge is 0.477 e. The van der Waals surface area contributed by atoms with Crippen molar-refractivity contribution in [1.82, 2.24) is 15.2 Å². The molecule has 2 aliphatic heterocycles. The second kappa shape index (κ2) is 9.81. The summed E-state index contributed by atoms with van der Waals surface area (Å²) < 4.78 is 40.5. The van der Waals surface area contributed by atoms with Gasteiger partial charge in [0.25, 0.3) is 0 Å². The van der Waals surface area contributed by atoms with Crippen LogP contribution in [-0.4, -0.2) is 74.3 Å². The summed E-state index contributed by atoms with van der Waals surface area (Å²) in [6.45, 7) is 4.48. The summed E-state index contributed by atoms with van der Waals surface area (Å²) in [4.78, 5) is 6.64. The van der Waals surface area contributed by atoms with Crippen molar-refractivity contribution in [2.75, 3.05) is 49.3 Å². The number of nitrogens with zero attached hydrogens (tertiary/aromatic N) is 4. The quantitative estimate of drug-likeness (QED) is 0.538. The van der Waals surface area contributed by atoms with Gasteiger partial charge in [0.2, 0.25) is 5.88 Å². The molecule has 0 aromatic carbocycles. The number of halogens is 1. The van der Waals surface area contributed by atoms with E-state index in [4.69, 9.17) is 30.8 Å². The molecular formula is C20H27ClN4O5S. The van der Waals surface area contributed by atoms with Crippen molar-refractivity contribution in [2.24, 2.45) is 0 Å². The number of hydrogen-bond acceptors (Lipinski definition) is 9. The smallest absolute Gasteiger partial charge is 0.225 e. The maximum absolute atomic E-state index is 11.8. The SMILES string of the molecule is Cc1nnc(Cl)c2cc(N3CCS(=O)(=O)CC3)nc(OCCCCCC3OCCO3)c12. The zero-order valence-corrected chi connectivity index (χ0v) is 19.1. The van der Waals surface area contributed by atoms with Gasteiger partial charge < -0.3 is 19.1 Å². The topological polar surface area (TPSA) is 104 Å². The second-order valence-corrected chi connectivity index (χ2v) is 10.5. The van der Waals surface area contributed by atoms with Gasteiger partial charge in [-0.15, -0.1) is 5.10 Å². The summed E-state index contributed by atoms with van der Waals surface area (Å²) in [5.74, 6) is 1.32. The molecule has 0 aliphatic carbocycles. The molecule has 11 heteroatoms. The first-order valence-corrected chi connectivity index (χ1v) is 12.8. The Hall–Kier alpha value is -1.75. The molecule has 0 radical (unpaired) electrons. The van der Waals surface area contributed by atoms with Crippen LogP contribution in [0.25, 0.3) is 10.8 Å². The molecule has 2 fully saturated rings. The van der Waals surface area contributed by atoms with Gasteiger partial charge >= 0.3 is 0 Å². The number of unbranched alkanes of at least 4 members (excludes halogenated alkanes) is 2. The van der Waals surface area contributed by atoms with Gasteiger partial charge in [0.1, 0.15) is 5.82 Å². The summed E-state index contributed by atoms with van der Waals surface area (Å²) in [5.41, 5.74) is 0.685. The molecule has 2 saturated heterocycles. The normalized spacial score (nSPS) is 19.2. The van der Waals surface area contributed by atoms with Crippen LogP contribution in [0.5, 0.6) is 5.88 Å². The van der Waals surface area contributed by atoms with Crippen LogP contribution in [0.3, 0.4) is 0 Å². The molecule has 2 aliphatic rings. The Morgan fingerprint density at radius 2 is 1.90 bits per heavy atom. The van der Waals surface area contributed by atoms with Crippen molar-refractivity contribution >= 4 is 38.0 Å². The summed E-state index contributed by atoms with van der Waals surface area (Å²) >= 11 is 6.33. The van der Waals surface area contributed by atoms with Crippen LogP contribution in [0, 0.1) is 6.92 Å². The fraction of sp³-hybridized carbons (Fsp3) is 0.650. The first kappa shape index (κ1) is 22.4. The molecule has 0 atom stereocenters. The number of pyridine rings is 1. The van der Waals surface area contributed by atoms with E-state index >= 15 is 0 Å². The fourth-order valence-electron chi connectivity index (χ4n) is 3.78. The van der Waals surface area contributed by atoms with E-state index in [2.05, 4.69) is 10.2 Å². The summed E-state index contributed by atoms with van der Waals surface area (Å²) in [7, 11) is -2.99. The van der Waals surface area contributed by atoms with E-state index in [1.165, 1.54) is 0 Å². The van der Waals surface area contributed by atoms with Crippen molar-refractivity contribution in [2.45, 2.75) is 38.9 Å². The Bertz CT molecular complexity index is 1020. The van der Waals surface area contributed by atoms with Crippen molar-refractivity contribution in [3.63, 3.8) is 0 Å². The van der Waals surface area contributed by atoms with Gasteiger partial charge in [-0.3, -0.25) is 0 Å². The summed E-state index contributed by atoms with van der Waals surface area (Å²) in [6.07, 6.45) is 3.68. The Morgan fingerprint density at radius 1 is 1.16 bits per heavy atom. The predicted octanol–water partition coefficient (Wildman–Crippen LogP) is 2.53. The van der Waals surface area contributed by atoms with Gasteiger partial charge in [-0.05, 0) is 38.7 Å². The average Bonchev–Trinajstić information content (AvgIpc) is 3.26. The zero-order chi connectivity index (χ0) is 21.8. The van der Waals surface area contributed by atoms with Crippen molar-refractivity contribution in [3.8, 4) is 5.88 Å². The van der Waals surface area contributed by atoms with Crippen molar-refractivity contribution in [1.29, 1.82) is 0 Å². The van der Waals surface area contributed by atoms with E-state index in [1.807, 2.05) is 17.9 Å². The van der Waals surface area contributed by atoms with Gasteiger partial charge in [-0.2, -0.15) is 10.1 Å². The van der Waals surface area contributed by atoms with Crippen molar-refractivity contribution < 1.29 is 22.6 Å². The molecule has 9 nitrogen and oxygen atoms in total.